The molecular formula is C34H40F2N4O6S. The zero-order chi connectivity index (χ0) is 34.0. The van der Waals surface area contributed by atoms with Crippen LogP contribution >= 0.6 is 0 Å². The van der Waals surface area contributed by atoms with Crippen LogP contribution in [-0.2, 0) is 27.8 Å². The van der Waals surface area contributed by atoms with E-state index in [-0.39, 0.29) is 48.7 Å². The number of methoxy groups -OCH3 is 1. The summed E-state index contributed by atoms with van der Waals surface area (Å²) in [5.41, 5.74) is 2.36. The van der Waals surface area contributed by atoms with E-state index in [1.165, 1.54) is 22.5 Å². The number of ether oxygens (including phenoxy) is 1. The first kappa shape index (κ1) is 35.5. The number of aliphatic hydroxyl groups excluding tert-OH is 1. The van der Waals surface area contributed by atoms with Crippen molar-refractivity contribution in [2.75, 3.05) is 36.9 Å². The van der Waals surface area contributed by atoms with Gasteiger partial charge in [0.15, 0.2) is 0 Å². The van der Waals surface area contributed by atoms with Crippen molar-refractivity contribution in [2.24, 2.45) is 5.16 Å². The van der Waals surface area contributed by atoms with Gasteiger partial charge < -0.3 is 25.3 Å². The first-order valence-corrected chi connectivity index (χ1v) is 16.8. The normalized spacial score (nSPS) is 15.9. The van der Waals surface area contributed by atoms with Gasteiger partial charge in [-0.3, -0.25) is 9.10 Å². The van der Waals surface area contributed by atoms with Crippen LogP contribution in [0.3, 0.4) is 0 Å². The second-order valence-corrected chi connectivity index (χ2v) is 13.2. The number of aliphatic hydroxyl groups is 1. The van der Waals surface area contributed by atoms with E-state index in [9.17, 15) is 27.1 Å². The number of halogens is 2. The van der Waals surface area contributed by atoms with E-state index in [0.29, 0.717) is 36.4 Å². The Balaban J connectivity index is 1.62. The second kappa shape index (κ2) is 16.5. The van der Waals surface area contributed by atoms with Crippen LogP contribution in [0.15, 0.2) is 78.5 Å². The summed E-state index contributed by atoms with van der Waals surface area (Å²) in [5.74, 6) is -1.55. The number of oxime groups is 1. The molecule has 0 spiro atoms. The van der Waals surface area contributed by atoms with Crippen LogP contribution in [0.4, 0.5) is 14.5 Å². The highest BCUT2D eigenvalue weighted by Crippen LogP contribution is 2.27. The average Bonchev–Trinajstić information content (AvgIpc) is 3.03. The van der Waals surface area contributed by atoms with Crippen molar-refractivity contribution in [1.82, 2.24) is 10.6 Å². The molecule has 1 aliphatic heterocycles. The molecule has 252 valence electrons. The molecule has 47 heavy (non-hydrogen) atoms. The molecule has 0 aromatic heterocycles. The minimum atomic E-state index is -3.62. The summed E-state index contributed by atoms with van der Waals surface area (Å²) in [6.45, 7) is 6.06. The Morgan fingerprint density at radius 1 is 1.09 bits per heavy atom. The summed E-state index contributed by atoms with van der Waals surface area (Å²) >= 11 is 0. The van der Waals surface area contributed by atoms with Crippen molar-refractivity contribution in [3.8, 4) is 5.75 Å². The number of nitrogens with one attached hydrogen (secondary N) is 2. The van der Waals surface area contributed by atoms with E-state index in [1.807, 2.05) is 24.3 Å². The number of amides is 1. The smallest absolute Gasteiger partial charge is 0.251 e. The first-order chi connectivity index (χ1) is 22.5. The number of hydrogen-bond donors (Lipinski definition) is 3. The van der Waals surface area contributed by atoms with Gasteiger partial charge in [-0.25, -0.2) is 17.2 Å². The molecule has 0 aliphatic carbocycles. The van der Waals surface area contributed by atoms with Gasteiger partial charge in [-0.15, -0.1) is 0 Å². The molecule has 1 aliphatic rings. The third-order valence-electron chi connectivity index (χ3n) is 7.60. The molecule has 1 fully saturated rings. The molecule has 13 heteroatoms. The maximum atomic E-state index is 14.1. The van der Waals surface area contributed by atoms with E-state index < -0.39 is 39.7 Å². The number of anilines is 1. The SMILES string of the molecule is C=CCON=C(C)c1cc(C(=O)N[C@@H](Cc2cc(F)cc(F)c2)[C@H](O)CNCc2cccc(OC)c2)cc(N2CCCCS2(=O)=O)c1. The van der Waals surface area contributed by atoms with E-state index in [2.05, 4.69) is 22.4 Å². The van der Waals surface area contributed by atoms with Crippen molar-refractivity contribution in [2.45, 2.75) is 44.9 Å². The molecule has 1 heterocycles. The van der Waals surface area contributed by atoms with Gasteiger partial charge in [-0.2, -0.15) is 0 Å². The molecule has 3 N–H and O–H groups in total. The highest BCUT2D eigenvalue weighted by atomic mass is 32.2. The van der Waals surface area contributed by atoms with E-state index in [4.69, 9.17) is 9.57 Å². The fourth-order valence-electron chi connectivity index (χ4n) is 5.22. The fourth-order valence-corrected chi connectivity index (χ4v) is 6.84. The van der Waals surface area contributed by atoms with E-state index in [1.54, 1.807) is 20.1 Å². The molecule has 3 aromatic carbocycles. The molecule has 0 bridgehead atoms. The fraction of sp³-hybridized carbons (Fsp3) is 0.353. The molecular weight excluding hydrogens is 630 g/mol. The van der Waals surface area contributed by atoms with Crippen molar-refractivity contribution >= 4 is 27.3 Å². The number of carbonyl (C=O) groups is 1. The van der Waals surface area contributed by atoms with E-state index in [0.717, 1.165) is 23.8 Å². The maximum absolute atomic E-state index is 14.1. The topological polar surface area (TPSA) is 130 Å². The molecule has 0 radical (unpaired) electrons. The van der Waals surface area contributed by atoms with Gasteiger partial charge in [0.25, 0.3) is 5.91 Å². The lowest BCUT2D eigenvalue weighted by molar-refractivity contribution is 0.0830. The van der Waals surface area contributed by atoms with Crippen LogP contribution in [-0.4, -0.2) is 69.8 Å². The zero-order valence-electron chi connectivity index (χ0n) is 26.4. The zero-order valence-corrected chi connectivity index (χ0v) is 27.2. The lowest BCUT2D eigenvalue weighted by Crippen LogP contribution is -2.48. The molecule has 1 saturated heterocycles. The van der Waals surface area contributed by atoms with Gasteiger partial charge in [-0.05, 0) is 79.8 Å². The summed E-state index contributed by atoms with van der Waals surface area (Å²) in [6, 6.07) is 14.0. The van der Waals surface area contributed by atoms with Crippen LogP contribution in [0.5, 0.6) is 5.75 Å². The second-order valence-electron chi connectivity index (χ2n) is 11.2. The summed E-state index contributed by atoms with van der Waals surface area (Å²) in [7, 11) is -2.05. The number of carbonyl (C=O) groups excluding carboxylic acids is 1. The number of rotatable bonds is 15. The average molecular weight is 671 g/mol. The summed E-state index contributed by atoms with van der Waals surface area (Å²) < 4.78 is 60.6. The van der Waals surface area contributed by atoms with Crippen molar-refractivity contribution in [1.29, 1.82) is 0 Å². The van der Waals surface area contributed by atoms with Crippen LogP contribution in [0.1, 0.15) is 46.8 Å². The number of nitrogens with zero attached hydrogens (tertiary/aromatic N) is 2. The highest BCUT2D eigenvalue weighted by Gasteiger charge is 2.28. The summed E-state index contributed by atoms with van der Waals surface area (Å²) in [6.07, 6.45) is 1.44. The van der Waals surface area contributed by atoms with Crippen molar-refractivity contribution in [3.63, 3.8) is 0 Å². The standard InChI is InChI=1S/C34H40F2N4O6S/c1-4-11-46-39-23(2)26-17-27(19-30(18-26)40-10-5-6-12-47(40,43)44)34(42)38-32(16-25-13-28(35)20-29(36)14-25)33(41)22-37-21-24-8-7-9-31(15-24)45-3/h4,7-9,13-15,17-20,32-33,37,41H,1,5-6,10-12,16,21-22H2,2-3H3,(H,38,42)/t32-,33+/m0/s1. The minimum Gasteiger partial charge on any atom is -0.497 e. The summed E-state index contributed by atoms with van der Waals surface area (Å²) in [4.78, 5) is 19.0. The third kappa shape index (κ3) is 10.1. The predicted molar refractivity (Wildman–Crippen MR) is 177 cm³/mol. The van der Waals surface area contributed by atoms with Crippen LogP contribution in [0, 0.1) is 11.6 Å². The van der Waals surface area contributed by atoms with Gasteiger partial charge in [0.1, 0.15) is 24.0 Å². The Labute approximate surface area is 274 Å². The number of hydrogen-bond acceptors (Lipinski definition) is 8. The van der Waals surface area contributed by atoms with Crippen molar-refractivity contribution < 1.29 is 36.7 Å². The van der Waals surface area contributed by atoms with E-state index >= 15 is 0 Å². The predicted octanol–water partition coefficient (Wildman–Crippen LogP) is 4.32. The van der Waals surface area contributed by atoms with Crippen LogP contribution in [0.25, 0.3) is 0 Å². The minimum absolute atomic E-state index is 0.0184. The van der Waals surface area contributed by atoms with Gasteiger partial charge in [0.2, 0.25) is 10.0 Å². The molecule has 4 rings (SSSR count). The quantitative estimate of drug-likeness (QED) is 0.0951. The van der Waals surface area contributed by atoms with Gasteiger partial charge in [0, 0.05) is 36.8 Å². The molecule has 1 amide bonds. The third-order valence-corrected chi connectivity index (χ3v) is 9.47. The highest BCUT2D eigenvalue weighted by molar-refractivity contribution is 7.92. The Kier molecular flexibility index (Phi) is 12.5. The monoisotopic (exact) mass is 670 g/mol. The lowest BCUT2D eigenvalue weighted by Gasteiger charge is -2.29. The Hall–Kier alpha value is -4.33. The number of sulfonamides is 1. The molecule has 0 unspecified atom stereocenters. The Morgan fingerprint density at radius 2 is 1.83 bits per heavy atom. The van der Waals surface area contributed by atoms with Gasteiger partial charge in [0.05, 0.1) is 36.4 Å². The van der Waals surface area contributed by atoms with Crippen LogP contribution in [0.2, 0.25) is 0 Å². The Morgan fingerprint density at radius 3 is 2.53 bits per heavy atom. The molecule has 10 nitrogen and oxygen atoms in total. The maximum Gasteiger partial charge on any atom is 0.251 e. The largest absolute Gasteiger partial charge is 0.497 e. The van der Waals surface area contributed by atoms with Gasteiger partial charge in [-0.1, -0.05) is 29.9 Å². The first-order valence-electron chi connectivity index (χ1n) is 15.2. The van der Waals surface area contributed by atoms with Crippen LogP contribution < -0.4 is 19.7 Å². The Bertz CT molecular complexity index is 1680. The van der Waals surface area contributed by atoms with Crippen molar-refractivity contribution in [3.05, 3.63) is 107 Å². The number of benzene rings is 3. The molecule has 3 aromatic rings. The molecule has 0 saturated carbocycles. The summed E-state index contributed by atoms with van der Waals surface area (Å²) in [5, 5.41) is 21.3. The molecule has 2 atom stereocenters. The lowest BCUT2D eigenvalue weighted by atomic mass is 9.99. The van der Waals surface area contributed by atoms with Gasteiger partial charge >= 0.3 is 0 Å².